The molecule has 0 aliphatic rings. The smallest absolute Gasteiger partial charge is 0.0994 e. The Morgan fingerprint density at radius 1 is 1.38 bits per heavy atom. The van der Waals surface area contributed by atoms with Crippen molar-refractivity contribution in [2.75, 3.05) is 12.4 Å². The van der Waals surface area contributed by atoms with Gasteiger partial charge in [0.2, 0.25) is 0 Å². The molecule has 1 rings (SSSR count). The van der Waals surface area contributed by atoms with Gasteiger partial charge in [-0.1, -0.05) is 34.1 Å². The molecule has 2 nitrogen and oxygen atoms in total. The van der Waals surface area contributed by atoms with Gasteiger partial charge in [-0.3, -0.25) is 0 Å². The maximum absolute atomic E-state index is 8.68. The number of aliphatic hydroxyl groups excluding tert-OH is 1. The summed E-state index contributed by atoms with van der Waals surface area (Å²) < 4.78 is 0. The van der Waals surface area contributed by atoms with E-state index in [1.807, 2.05) is 24.3 Å². The summed E-state index contributed by atoms with van der Waals surface area (Å²) >= 11 is 3.34. The van der Waals surface area contributed by atoms with Crippen molar-refractivity contribution in [2.24, 2.45) is 0 Å². The van der Waals surface area contributed by atoms with Crippen LogP contribution in [-0.2, 0) is 6.42 Å². The number of nitrogens with zero attached hydrogens (tertiary/aromatic N) is 1. The van der Waals surface area contributed by atoms with E-state index in [4.69, 9.17) is 10.4 Å². The number of aliphatic hydroxyl groups is 1. The number of nitriles is 1. The number of hydrogen-bond donors (Lipinski definition) is 1. The molecule has 0 unspecified atom stereocenters. The summed E-state index contributed by atoms with van der Waals surface area (Å²) in [7, 11) is 1.00. The lowest BCUT2D eigenvalue weighted by molar-refractivity contribution is 0.399. The average Bonchev–Trinajstić information content (AvgIpc) is 2.22. The summed E-state index contributed by atoms with van der Waals surface area (Å²) in [4.78, 5) is 0. The largest absolute Gasteiger partial charge is 0.400 e. The third-order valence-electron chi connectivity index (χ3n) is 1.50. The van der Waals surface area contributed by atoms with Gasteiger partial charge in [0.1, 0.15) is 0 Å². The van der Waals surface area contributed by atoms with Gasteiger partial charge >= 0.3 is 0 Å². The molecule has 0 amide bonds. The molecular formula is C10H12BrNO. The van der Waals surface area contributed by atoms with Crippen LogP contribution in [0, 0.1) is 11.3 Å². The maximum Gasteiger partial charge on any atom is 0.0994 e. The highest BCUT2D eigenvalue weighted by atomic mass is 79.9. The molecule has 0 spiro atoms. The summed E-state index contributed by atoms with van der Waals surface area (Å²) in [6.07, 6.45) is 0.920. The van der Waals surface area contributed by atoms with Crippen LogP contribution in [0.3, 0.4) is 0 Å². The fraction of sp³-hybridized carbons (Fsp3) is 0.300. The zero-order valence-corrected chi connectivity index (χ0v) is 9.08. The van der Waals surface area contributed by atoms with Gasteiger partial charge in [0.15, 0.2) is 0 Å². The van der Waals surface area contributed by atoms with E-state index in [2.05, 4.69) is 22.0 Å². The van der Waals surface area contributed by atoms with Gasteiger partial charge in [0.25, 0.3) is 0 Å². The summed E-state index contributed by atoms with van der Waals surface area (Å²) in [5.74, 6) is 0. The van der Waals surface area contributed by atoms with Crippen LogP contribution >= 0.6 is 15.9 Å². The van der Waals surface area contributed by atoms with Crippen molar-refractivity contribution >= 4 is 15.9 Å². The highest BCUT2D eigenvalue weighted by molar-refractivity contribution is 9.09. The van der Waals surface area contributed by atoms with Crippen LogP contribution in [0.4, 0.5) is 0 Å². The Hall–Kier alpha value is -0.850. The molecule has 70 valence electrons. The molecule has 0 aromatic heterocycles. The minimum absolute atomic E-state index is 0.784. The first-order chi connectivity index (χ1) is 6.38. The maximum atomic E-state index is 8.68. The molecule has 0 saturated heterocycles. The first kappa shape index (κ1) is 12.2. The Balaban J connectivity index is 0.000000671. The van der Waals surface area contributed by atoms with E-state index in [1.54, 1.807) is 0 Å². The minimum atomic E-state index is 0.784. The number of benzene rings is 1. The number of halogens is 1. The summed E-state index contributed by atoms with van der Waals surface area (Å²) in [6.45, 7) is 0. The lowest BCUT2D eigenvalue weighted by Crippen LogP contribution is -1.89. The van der Waals surface area contributed by atoms with Crippen LogP contribution in [0.25, 0.3) is 0 Å². The van der Waals surface area contributed by atoms with Crippen LogP contribution in [0.5, 0.6) is 0 Å². The predicted octanol–water partition coefficient (Wildman–Crippen LogP) is 2.10. The first-order valence-electron chi connectivity index (χ1n) is 3.87. The van der Waals surface area contributed by atoms with Gasteiger partial charge < -0.3 is 5.11 Å². The van der Waals surface area contributed by atoms with E-state index >= 15 is 0 Å². The van der Waals surface area contributed by atoms with Crippen LogP contribution in [0.1, 0.15) is 11.1 Å². The lowest BCUT2D eigenvalue weighted by atomic mass is 10.1. The van der Waals surface area contributed by atoms with E-state index in [0.29, 0.717) is 0 Å². The zero-order valence-electron chi connectivity index (χ0n) is 7.50. The third kappa shape index (κ3) is 4.07. The van der Waals surface area contributed by atoms with Crippen molar-refractivity contribution in [3.63, 3.8) is 0 Å². The van der Waals surface area contributed by atoms with Gasteiger partial charge in [0, 0.05) is 12.4 Å². The molecule has 0 radical (unpaired) electrons. The highest BCUT2D eigenvalue weighted by Gasteiger charge is 1.97. The van der Waals surface area contributed by atoms with Crippen LogP contribution in [0.2, 0.25) is 0 Å². The summed E-state index contributed by atoms with van der Waals surface area (Å²) in [5, 5.41) is 16.6. The van der Waals surface area contributed by atoms with E-state index in [0.717, 1.165) is 30.0 Å². The Bertz CT molecular complexity index is 280. The topological polar surface area (TPSA) is 44.0 Å². The molecule has 0 bridgehead atoms. The van der Waals surface area contributed by atoms with Gasteiger partial charge in [-0.2, -0.15) is 5.26 Å². The quantitative estimate of drug-likeness (QED) is 0.807. The Morgan fingerprint density at radius 3 is 2.54 bits per heavy atom. The second-order valence-electron chi connectivity index (χ2n) is 2.21. The Labute approximate surface area is 87.0 Å². The summed E-state index contributed by atoms with van der Waals surface area (Å²) in [5.41, 5.74) is 1.90. The van der Waals surface area contributed by atoms with Crippen LogP contribution in [-0.4, -0.2) is 17.5 Å². The number of alkyl halides is 1. The van der Waals surface area contributed by atoms with Crippen molar-refractivity contribution in [2.45, 2.75) is 6.42 Å². The van der Waals surface area contributed by atoms with Crippen LogP contribution < -0.4 is 0 Å². The van der Waals surface area contributed by atoms with Gasteiger partial charge in [-0.05, 0) is 18.1 Å². The molecule has 0 saturated carbocycles. The molecule has 0 aliphatic carbocycles. The number of hydrogen-bond acceptors (Lipinski definition) is 2. The molecule has 1 aromatic carbocycles. The fourth-order valence-corrected chi connectivity index (χ4v) is 1.38. The average molecular weight is 242 g/mol. The monoisotopic (exact) mass is 241 g/mol. The van der Waals surface area contributed by atoms with Gasteiger partial charge in [0.05, 0.1) is 11.6 Å². The van der Waals surface area contributed by atoms with Crippen molar-refractivity contribution < 1.29 is 5.11 Å². The number of aryl methyl sites for hydroxylation is 1. The van der Waals surface area contributed by atoms with Crippen molar-refractivity contribution in [1.82, 2.24) is 0 Å². The van der Waals surface area contributed by atoms with Crippen molar-refractivity contribution in [3.05, 3.63) is 35.4 Å². The molecule has 0 heterocycles. The van der Waals surface area contributed by atoms with E-state index in [1.165, 1.54) is 0 Å². The lowest BCUT2D eigenvalue weighted by Gasteiger charge is -1.98. The molecular weight excluding hydrogens is 230 g/mol. The summed E-state index contributed by atoms with van der Waals surface area (Å²) in [6, 6.07) is 9.83. The van der Waals surface area contributed by atoms with Gasteiger partial charge in [-0.25, -0.2) is 0 Å². The molecule has 0 fully saturated rings. The molecule has 1 N–H and O–H groups in total. The van der Waals surface area contributed by atoms with E-state index in [9.17, 15) is 0 Å². The predicted molar refractivity (Wildman–Crippen MR) is 56.8 cm³/mol. The standard InChI is InChI=1S/C9H8BrN.CH4O/c10-6-5-8-3-1-2-4-9(8)7-11;1-2/h1-4H,5-6H2;2H,1H3. The van der Waals surface area contributed by atoms with Crippen molar-refractivity contribution in [1.29, 1.82) is 5.26 Å². The van der Waals surface area contributed by atoms with Gasteiger partial charge in [-0.15, -0.1) is 0 Å². The minimum Gasteiger partial charge on any atom is -0.400 e. The highest BCUT2D eigenvalue weighted by Crippen LogP contribution is 2.08. The fourth-order valence-electron chi connectivity index (χ4n) is 0.949. The zero-order chi connectivity index (χ0) is 10.1. The number of rotatable bonds is 2. The third-order valence-corrected chi connectivity index (χ3v) is 1.90. The Morgan fingerprint density at radius 2 is 2.00 bits per heavy atom. The normalized spacial score (nSPS) is 8.15. The van der Waals surface area contributed by atoms with Crippen molar-refractivity contribution in [3.8, 4) is 6.07 Å². The molecule has 1 aromatic rings. The molecule has 3 heteroatoms. The van der Waals surface area contributed by atoms with Crippen LogP contribution in [0.15, 0.2) is 24.3 Å². The second kappa shape index (κ2) is 7.78. The van der Waals surface area contributed by atoms with E-state index < -0.39 is 0 Å². The Kier molecular flexibility index (Phi) is 7.27. The van der Waals surface area contributed by atoms with E-state index in [-0.39, 0.29) is 0 Å². The molecule has 0 aliphatic heterocycles. The second-order valence-corrected chi connectivity index (χ2v) is 3.00. The molecule has 0 atom stereocenters. The first-order valence-corrected chi connectivity index (χ1v) is 4.99. The SMILES string of the molecule is CO.N#Cc1ccccc1CCBr. The molecule has 13 heavy (non-hydrogen) atoms.